The van der Waals surface area contributed by atoms with Crippen molar-refractivity contribution < 1.29 is 37.1 Å². The first-order valence-electron chi connectivity index (χ1n) is 13.2. The number of amides is 3. The summed E-state index contributed by atoms with van der Waals surface area (Å²) in [6.45, 7) is 5.28. The maximum atomic E-state index is 14.1. The molecule has 0 spiro atoms. The number of ether oxygens (including phenoxy) is 1. The van der Waals surface area contributed by atoms with Crippen molar-refractivity contribution in [3.8, 4) is 5.75 Å². The number of hydrogen-bond donors (Lipinski definition) is 3. The third-order valence-corrected chi connectivity index (χ3v) is 6.94. The van der Waals surface area contributed by atoms with Crippen LogP contribution >= 0.6 is 11.6 Å². The van der Waals surface area contributed by atoms with E-state index < -0.39 is 48.1 Å². The maximum Gasteiger partial charge on any atom is 0.410 e. The van der Waals surface area contributed by atoms with Crippen LogP contribution in [0.15, 0.2) is 48.2 Å². The molecule has 4 atom stereocenters. The average Bonchev–Trinajstić information content (AvgIpc) is 3.35. The van der Waals surface area contributed by atoms with Crippen LogP contribution in [0.4, 0.5) is 13.2 Å². The van der Waals surface area contributed by atoms with Gasteiger partial charge in [-0.1, -0.05) is 23.7 Å². The van der Waals surface area contributed by atoms with Gasteiger partial charge in [-0.3, -0.25) is 19.2 Å². The number of hydrogen-bond acceptors (Lipinski definition) is 7. The third kappa shape index (κ3) is 8.40. The van der Waals surface area contributed by atoms with Crippen LogP contribution in [0.5, 0.6) is 5.75 Å². The van der Waals surface area contributed by atoms with Gasteiger partial charge >= 0.3 is 6.18 Å². The largest absolute Gasteiger partial charge is 0.452 e. The summed E-state index contributed by atoms with van der Waals surface area (Å²) in [4.78, 5) is 55.0. The Hall–Kier alpha value is -4.26. The Morgan fingerprint density at radius 2 is 1.86 bits per heavy atom. The van der Waals surface area contributed by atoms with Gasteiger partial charge in [-0.25, -0.2) is 4.98 Å². The van der Waals surface area contributed by atoms with Gasteiger partial charge in [-0.15, -0.1) is 0 Å². The highest BCUT2D eigenvalue weighted by atomic mass is 35.5. The number of aldehydes is 1. The first kappa shape index (κ1) is 33.2. The van der Waals surface area contributed by atoms with Crippen LogP contribution in [0, 0.1) is 12.3 Å². The van der Waals surface area contributed by atoms with E-state index >= 15 is 0 Å². The van der Waals surface area contributed by atoms with Crippen LogP contribution in [-0.4, -0.2) is 63.9 Å². The molecule has 1 aliphatic heterocycles. The van der Waals surface area contributed by atoms with Crippen molar-refractivity contribution >= 4 is 41.3 Å². The average molecular weight is 622 g/mol. The van der Waals surface area contributed by atoms with Crippen molar-refractivity contribution in [2.24, 2.45) is 0 Å². The molecule has 1 fully saturated rings. The molecule has 1 saturated heterocycles. The number of pyridine rings is 1. The Balaban J connectivity index is 1.88. The minimum Gasteiger partial charge on any atom is -0.452 e. The van der Waals surface area contributed by atoms with Gasteiger partial charge in [0.1, 0.15) is 23.5 Å². The fourth-order valence-corrected chi connectivity index (χ4v) is 5.10. The van der Waals surface area contributed by atoms with Gasteiger partial charge in [0.2, 0.25) is 11.8 Å². The molecule has 0 aliphatic carbocycles. The molecule has 1 aliphatic rings. The highest BCUT2D eigenvalue weighted by Gasteiger charge is 2.53. The molecule has 10 nitrogen and oxygen atoms in total. The highest BCUT2D eigenvalue weighted by Crippen LogP contribution is 2.41. The van der Waals surface area contributed by atoms with Crippen molar-refractivity contribution in [3.05, 3.63) is 70.2 Å². The second-order valence-electron chi connectivity index (χ2n) is 10.1. The van der Waals surface area contributed by atoms with E-state index in [-0.39, 0.29) is 41.4 Å². The van der Waals surface area contributed by atoms with E-state index in [4.69, 9.17) is 21.7 Å². The summed E-state index contributed by atoms with van der Waals surface area (Å²) < 4.78 is 47.8. The van der Waals surface area contributed by atoms with Gasteiger partial charge in [-0.05, 0) is 63.4 Å². The van der Waals surface area contributed by atoms with Crippen LogP contribution in [0.1, 0.15) is 61.4 Å². The molecule has 1 aromatic heterocycles. The van der Waals surface area contributed by atoms with E-state index in [1.165, 1.54) is 39.0 Å². The lowest BCUT2D eigenvalue weighted by atomic mass is 10.0. The lowest BCUT2D eigenvalue weighted by molar-refractivity contribution is -0.176. The van der Waals surface area contributed by atoms with Crippen LogP contribution < -0.4 is 15.4 Å². The molecule has 3 amide bonds. The van der Waals surface area contributed by atoms with Gasteiger partial charge in [0.05, 0.1) is 17.8 Å². The predicted octanol–water partition coefficient (Wildman–Crippen LogP) is 4.46. The molecule has 43 heavy (non-hydrogen) atoms. The monoisotopic (exact) mass is 621 g/mol. The summed E-state index contributed by atoms with van der Waals surface area (Å²) in [7, 11) is 0. The maximum absolute atomic E-state index is 14.1. The van der Waals surface area contributed by atoms with Crippen LogP contribution in [0.3, 0.4) is 0 Å². The number of carbonyl (C=O) groups excluding carboxylic acids is 4. The number of likely N-dealkylation sites (tertiary alicyclic amines) is 1. The second kappa shape index (κ2) is 13.8. The number of halogens is 4. The Morgan fingerprint density at radius 3 is 2.42 bits per heavy atom. The number of nitrogens with zero attached hydrogens (tertiary/aromatic N) is 2. The second-order valence-corrected chi connectivity index (χ2v) is 10.5. The van der Waals surface area contributed by atoms with E-state index in [1.807, 2.05) is 5.32 Å². The Kier molecular flexibility index (Phi) is 10.7. The van der Waals surface area contributed by atoms with Crippen LogP contribution in [0.25, 0.3) is 0 Å². The lowest BCUT2D eigenvalue weighted by Gasteiger charge is -2.37. The number of aryl methyl sites for hydroxylation is 1. The fourth-order valence-electron chi connectivity index (χ4n) is 4.90. The van der Waals surface area contributed by atoms with Gasteiger partial charge in [0.25, 0.3) is 5.91 Å². The summed E-state index contributed by atoms with van der Waals surface area (Å²) in [5, 5.41) is 12.2. The predicted molar refractivity (Wildman–Crippen MR) is 152 cm³/mol. The summed E-state index contributed by atoms with van der Waals surface area (Å²) in [6, 6.07) is 3.24. The first-order valence-corrected chi connectivity index (χ1v) is 13.6. The minimum atomic E-state index is -4.86. The molecule has 230 valence electrons. The van der Waals surface area contributed by atoms with E-state index in [1.54, 1.807) is 24.3 Å². The Labute approximate surface area is 251 Å². The SMILES string of the molecule is CC(=N)/C=C(\C=O)Oc1ccc(C(=O)N[C@H](C)C(=O)N2C(c3cccc(Cl)c3)CCC2C(NC(C)=O)C(F)(F)F)nc1C. The van der Waals surface area contributed by atoms with Crippen LogP contribution in [0.2, 0.25) is 5.02 Å². The van der Waals surface area contributed by atoms with Crippen molar-refractivity contribution in [2.75, 3.05) is 0 Å². The van der Waals surface area contributed by atoms with Gasteiger partial charge in [0, 0.05) is 23.7 Å². The molecule has 0 bridgehead atoms. The molecule has 2 aromatic rings. The van der Waals surface area contributed by atoms with Crippen molar-refractivity contribution in [1.82, 2.24) is 20.5 Å². The third-order valence-electron chi connectivity index (χ3n) is 6.70. The lowest BCUT2D eigenvalue weighted by Crippen LogP contribution is -2.60. The van der Waals surface area contributed by atoms with Crippen LogP contribution in [-0.2, 0) is 14.4 Å². The highest BCUT2D eigenvalue weighted by molar-refractivity contribution is 6.30. The Bertz CT molecular complexity index is 1450. The number of allylic oxidation sites excluding steroid dienone is 2. The molecule has 14 heteroatoms. The first-order chi connectivity index (χ1) is 20.1. The van der Waals surface area contributed by atoms with Gasteiger partial charge in [-0.2, -0.15) is 13.2 Å². The number of aromatic nitrogens is 1. The molecule has 3 rings (SSSR count). The molecular formula is C29H31ClF3N5O5. The summed E-state index contributed by atoms with van der Waals surface area (Å²) >= 11 is 6.13. The van der Waals surface area contributed by atoms with E-state index in [0.29, 0.717) is 16.9 Å². The normalized spacial score (nSPS) is 18.4. The topological polar surface area (TPSA) is 142 Å². The van der Waals surface area contributed by atoms with Crippen molar-refractivity contribution in [1.29, 1.82) is 5.41 Å². The fraction of sp³-hybridized carbons (Fsp3) is 0.379. The summed E-state index contributed by atoms with van der Waals surface area (Å²) in [5.74, 6) is -2.46. The zero-order chi connectivity index (χ0) is 32.1. The summed E-state index contributed by atoms with van der Waals surface area (Å²) in [6.07, 6.45) is -3.13. The molecule has 0 saturated carbocycles. The smallest absolute Gasteiger partial charge is 0.410 e. The molecule has 0 radical (unpaired) electrons. The molecule has 1 aromatic carbocycles. The number of rotatable bonds is 10. The number of alkyl halides is 3. The van der Waals surface area contributed by atoms with E-state index in [0.717, 1.165) is 11.8 Å². The molecule has 3 N–H and O–H groups in total. The minimum absolute atomic E-state index is 0.0645. The van der Waals surface area contributed by atoms with Gasteiger partial charge in [0.15, 0.2) is 12.0 Å². The number of benzene rings is 1. The molecular weight excluding hydrogens is 591 g/mol. The quantitative estimate of drug-likeness (QED) is 0.155. The van der Waals surface area contributed by atoms with E-state index in [2.05, 4.69) is 10.3 Å². The van der Waals surface area contributed by atoms with Gasteiger partial charge < -0.3 is 25.7 Å². The van der Waals surface area contributed by atoms with Crippen molar-refractivity contribution in [3.63, 3.8) is 0 Å². The molecule has 3 unspecified atom stereocenters. The number of carbonyl (C=O) groups is 4. The van der Waals surface area contributed by atoms with Crippen molar-refractivity contribution in [2.45, 2.75) is 70.9 Å². The zero-order valence-electron chi connectivity index (χ0n) is 23.8. The standard InChI is InChI=1S/C29H31ClF3N5O5/c1-15(34)12-21(14-39)43-25-11-8-22(35-16(25)2)27(41)36-17(3)28(42)38-23(19-6-5-7-20(30)13-19)9-10-24(38)26(29(31,32)33)37-18(4)40/h5-8,11-14,17,23-24,26,34H,9-10H2,1-4H3,(H,36,41)(H,37,40)/b21-12+,34-15?/t17-,23?,24?,26?/m1/s1. The Morgan fingerprint density at radius 1 is 1.16 bits per heavy atom. The summed E-state index contributed by atoms with van der Waals surface area (Å²) in [5.41, 5.74) is 0.713. The molecule has 2 heterocycles. The number of nitrogens with one attached hydrogen (secondary N) is 3. The van der Waals surface area contributed by atoms with E-state index in [9.17, 15) is 32.3 Å². The zero-order valence-corrected chi connectivity index (χ0v) is 24.5.